The molecule has 0 heteroatoms. The van der Waals surface area contributed by atoms with Crippen molar-refractivity contribution in [3.05, 3.63) is 93.6 Å². The molecule has 0 nitrogen and oxygen atoms in total. The van der Waals surface area contributed by atoms with Gasteiger partial charge >= 0.3 is 0 Å². The standard InChI is InChI=1S/C43H56/c1-40(2,3)28-19-21-31-32-22-20-29(41(4,5)6)24-36(32)39(35(31)23-28)43(27-15-11-10-12-16-27)37-18-14-13-17-33(37)34-25-30(26-38(34)43)42(7,8)9/h10-11,19-24,26-27,33,37,39H,12-18,25H2,1-9H3. The normalized spacial score (nSPS) is 29.0. The Morgan fingerprint density at radius 2 is 1.28 bits per heavy atom. The number of benzene rings is 2. The summed E-state index contributed by atoms with van der Waals surface area (Å²) in [6.45, 7) is 21.7. The number of allylic oxidation sites excluding steroid dienone is 6. The minimum Gasteiger partial charge on any atom is -0.0885 e. The van der Waals surface area contributed by atoms with Gasteiger partial charge in [0, 0.05) is 11.3 Å². The average molecular weight is 573 g/mol. The van der Waals surface area contributed by atoms with E-state index in [1.54, 1.807) is 22.3 Å². The molecule has 0 aliphatic heterocycles. The number of rotatable bonds is 2. The third kappa shape index (κ3) is 4.43. The lowest BCUT2D eigenvalue weighted by Gasteiger charge is -2.52. The van der Waals surface area contributed by atoms with Crippen LogP contribution in [0.25, 0.3) is 11.1 Å². The van der Waals surface area contributed by atoms with E-state index in [9.17, 15) is 0 Å². The Hall–Kier alpha value is -2.34. The fraction of sp³-hybridized carbons (Fsp3) is 0.581. The van der Waals surface area contributed by atoms with Gasteiger partial charge in [0.1, 0.15) is 0 Å². The molecule has 228 valence electrons. The summed E-state index contributed by atoms with van der Waals surface area (Å²) < 4.78 is 0. The SMILES string of the molecule is CC(C)(C)C1=CC2=C(C1)C1CCCCC1C2(C1CC=CCC1)C1c2cc(C(C)(C)C)ccc2-c2ccc(C(C)(C)C)cc21. The minimum absolute atomic E-state index is 0.131. The van der Waals surface area contributed by atoms with Crippen LogP contribution in [-0.2, 0) is 10.8 Å². The molecule has 0 heterocycles. The first-order chi connectivity index (χ1) is 20.2. The molecule has 1 saturated carbocycles. The molecule has 0 radical (unpaired) electrons. The van der Waals surface area contributed by atoms with Gasteiger partial charge in [-0.1, -0.05) is 141 Å². The number of fused-ring (bicyclic) bond motifs is 5. The summed E-state index contributed by atoms with van der Waals surface area (Å²) in [6, 6.07) is 15.2. The van der Waals surface area contributed by atoms with E-state index in [1.807, 2.05) is 5.57 Å². The molecule has 2 aromatic carbocycles. The van der Waals surface area contributed by atoms with E-state index in [0.717, 1.165) is 11.8 Å². The van der Waals surface area contributed by atoms with Gasteiger partial charge in [-0.3, -0.25) is 0 Å². The molecule has 7 rings (SSSR count). The molecule has 1 fully saturated rings. The lowest BCUT2D eigenvalue weighted by atomic mass is 9.50. The molecule has 0 spiro atoms. The third-order valence-corrected chi connectivity index (χ3v) is 12.5. The van der Waals surface area contributed by atoms with Crippen LogP contribution in [0.5, 0.6) is 0 Å². The van der Waals surface area contributed by atoms with Gasteiger partial charge in [-0.2, -0.15) is 0 Å². The highest BCUT2D eigenvalue weighted by atomic mass is 14.7. The Labute approximate surface area is 263 Å². The molecule has 0 amide bonds. The van der Waals surface area contributed by atoms with Crippen molar-refractivity contribution in [2.75, 3.05) is 0 Å². The van der Waals surface area contributed by atoms with Gasteiger partial charge < -0.3 is 0 Å². The van der Waals surface area contributed by atoms with Crippen LogP contribution in [-0.4, -0.2) is 0 Å². The molecule has 4 unspecified atom stereocenters. The molecule has 0 N–H and O–H groups in total. The number of hydrogen-bond acceptors (Lipinski definition) is 0. The van der Waals surface area contributed by atoms with Crippen molar-refractivity contribution in [2.24, 2.45) is 28.6 Å². The first-order valence-electron chi connectivity index (χ1n) is 17.6. The van der Waals surface area contributed by atoms with E-state index in [-0.39, 0.29) is 21.7 Å². The van der Waals surface area contributed by atoms with Crippen LogP contribution >= 0.6 is 0 Å². The molecule has 2 aromatic rings. The molecule has 5 aliphatic carbocycles. The van der Waals surface area contributed by atoms with Crippen LogP contribution in [0.4, 0.5) is 0 Å². The van der Waals surface area contributed by atoms with Crippen LogP contribution < -0.4 is 0 Å². The molecule has 0 aromatic heterocycles. The second kappa shape index (κ2) is 9.83. The van der Waals surface area contributed by atoms with Crippen molar-refractivity contribution in [1.82, 2.24) is 0 Å². The monoisotopic (exact) mass is 572 g/mol. The predicted molar refractivity (Wildman–Crippen MR) is 185 cm³/mol. The Morgan fingerprint density at radius 1 is 0.674 bits per heavy atom. The molecule has 0 saturated heterocycles. The Kier molecular flexibility index (Phi) is 6.71. The van der Waals surface area contributed by atoms with Gasteiger partial charge in [-0.05, 0) is 111 Å². The summed E-state index contributed by atoms with van der Waals surface area (Å²) in [6.07, 6.45) is 18.5. The molecule has 4 atom stereocenters. The smallest absolute Gasteiger partial charge is 0.0204 e. The van der Waals surface area contributed by atoms with Crippen LogP contribution in [0.3, 0.4) is 0 Å². The first kappa shape index (κ1) is 29.4. The summed E-state index contributed by atoms with van der Waals surface area (Å²) in [5.41, 5.74) is 15.3. The van der Waals surface area contributed by atoms with Gasteiger partial charge in [0.15, 0.2) is 0 Å². The van der Waals surface area contributed by atoms with E-state index in [0.29, 0.717) is 11.8 Å². The topological polar surface area (TPSA) is 0 Å². The van der Waals surface area contributed by atoms with Gasteiger partial charge in [0.05, 0.1) is 0 Å². The molecule has 5 aliphatic rings. The Balaban J connectivity index is 1.56. The quantitative estimate of drug-likeness (QED) is 0.314. The third-order valence-electron chi connectivity index (χ3n) is 12.5. The fourth-order valence-electron chi connectivity index (χ4n) is 10.2. The van der Waals surface area contributed by atoms with Crippen molar-refractivity contribution >= 4 is 0 Å². The highest BCUT2D eigenvalue weighted by molar-refractivity contribution is 5.81. The van der Waals surface area contributed by atoms with E-state index < -0.39 is 0 Å². The summed E-state index contributed by atoms with van der Waals surface area (Å²) in [4.78, 5) is 0. The zero-order chi connectivity index (χ0) is 30.5. The zero-order valence-electron chi connectivity index (χ0n) is 28.7. The molecular weight excluding hydrogens is 516 g/mol. The number of hydrogen-bond donors (Lipinski definition) is 0. The fourth-order valence-corrected chi connectivity index (χ4v) is 10.2. The lowest BCUT2D eigenvalue weighted by Crippen LogP contribution is -2.45. The van der Waals surface area contributed by atoms with Crippen molar-refractivity contribution in [3.63, 3.8) is 0 Å². The van der Waals surface area contributed by atoms with Gasteiger partial charge in [-0.15, -0.1) is 0 Å². The van der Waals surface area contributed by atoms with Crippen molar-refractivity contribution in [2.45, 2.75) is 130 Å². The summed E-state index contributed by atoms with van der Waals surface area (Å²) >= 11 is 0. The minimum atomic E-state index is 0.131. The van der Waals surface area contributed by atoms with Crippen LogP contribution in [0.15, 0.2) is 71.3 Å². The van der Waals surface area contributed by atoms with E-state index in [4.69, 9.17) is 0 Å². The van der Waals surface area contributed by atoms with Gasteiger partial charge in [0.25, 0.3) is 0 Å². The second-order valence-corrected chi connectivity index (χ2v) is 18.0. The molecular formula is C43H56. The van der Waals surface area contributed by atoms with Crippen LogP contribution in [0, 0.1) is 28.6 Å². The summed E-state index contributed by atoms with van der Waals surface area (Å²) in [5, 5.41) is 0. The van der Waals surface area contributed by atoms with Crippen molar-refractivity contribution < 1.29 is 0 Å². The highest BCUT2D eigenvalue weighted by Crippen LogP contribution is 2.73. The highest BCUT2D eigenvalue weighted by Gasteiger charge is 2.63. The van der Waals surface area contributed by atoms with E-state index in [2.05, 4.69) is 117 Å². The largest absolute Gasteiger partial charge is 0.0885 e. The van der Waals surface area contributed by atoms with Crippen molar-refractivity contribution in [1.29, 1.82) is 0 Å². The van der Waals surface area contributed by atoms with Crippen LogP contribution in [0.2, 0.25) is 0 Å². The molecule has 0 bridgehead atoms. The van der Waals surface area contributed by atoms with Crippen LogP contribution in [0.1, 0.15) is 142 Å². The Bertz CT molecular complexity index is 1470. The van der Waals surface area contributed by atoms with E-state index in [1.165, 1.54) is 73.6 Å². The lowest BCUT2D eigenvalue weighted by molar-refractivity contribution is 0.0548. The summed E-state index contributed by atoms with van der Waals surface area (Å²) in [7, 11) is 0. The van der Waals surface area contributed by atoms with Gasteiger partial charge in [0.2, 0.25) is 0 Å². The summed E-state index contributed by atoms with van der Waals surface area (Å²) in [5.74, 6) is 2.62. The first-order valence-corrected chi connectivity index (χ1v) is 17.6. The maximum Gasteiger partial charge on any atom is 0.0204 e. The van der Waals surface area contributed by atoms with E-state index >= 15 is 0 Å². The zero-order valence-corrected chi connectivity index (χ0v) is 28.7. The second-order valence-electron chi connectivity index (χ2n) is 18.0. The van der Waals surface area contributed by atoms with Gasteiger partial charge in [-0.25, -0.2) is 0 Å². The Morgan fingerprint density at radius 3 is 1.81 bits per heavy atom. The maximum atomic E-state index is 2.80. The average Bonchev–Trinajstić information content (AvgIpc) is 3.61. The maximum absolute atomic E-state index is 2.80. The molecule has 43 heavy (non-hydrogen) atoms. The predicted octanol–water partition coefficient (Wildman–Crippen LogP) is 12.2. The van der Waals surface area contributed by atoms with Crippen molar-refractivity contribution in [3.8, 4) is 11.1 Å².